The SMILES string of the molecule is O=S(=O)([O-])C1=CCCC=C1.[Na+]. The Labute approximate surface area is 88.2 Å². The Hall–Kier alpha value is 0.390. The van der Waals surface area contributed by atoms with E-state index in [9.17, 15) is 13.0 Å². The fourth-order valence-electron chi connectivity index (χ4n) is 0.775. The molecule has 11 heavy (non-hydrogen) atoms. The summed E-state index contributed by atoms with van der Waals surface area (Å²) in [6.07, 6.45) is 5.95. The van der Waals surface area contributed by atoms with Gasteiger partial charge in [0.25, 0.3) is 0 Å². The van der Waals surface area contributed by atoms with E-state index in [0.29, 0.717) is 6.42 Å². The van der Waals surface area contributed by atoms with Crippen molar-refractivity contribution in [2.24, 2.45) is 0 Å². The van der Waals surface area contributed by atoms with E-state index < -0.39 is 10.1 Å². The molecule has 0 saturated carbocycles. The van der Waals surface area contributed by atoms with Crippen LogP contribution in [-0.2, 0) is 10.1 Å². The third kappa shape index (κ3) is 3.53. The summed E-state index contributed by atoms with van der Waals surface area (Å²) in [4.78, 5) is -0.0984. The number of allylic oxidation sites excluding steroid dienone is 3. The molecule has 0 heterocycles. The Morgan fingerprint density at radius 2 is 2.00 bits per heavy atom. The maximum atomic E-state index is 10.3. The molecule has 0 bridgehead atoms. The average Bonchev–Trinajstić information content (AvgIpc) is 1.88. The second-order valence-electron chi connectivity index (χ2n) is 2.04. The van der Waals surface area contributed by atoms with E-state index in [2.05, 4.69) is 0 Å². The summed E-state index contributed by atoms with van der Waals surface area (Å²) in [6.45, 7) is 0. The van der Waals surface area contributed by atoms with Gasteiger partial charge in [-0.2, -0.15) is 0 Å². The smallest absolute Gasteiger partial charge is 0.744 e. The predicted octanol–water partition coefficient (Wildman–Crippen LogP) is -2.23. The van der Waals surface area contributed by atoms with Crippen molar-refractivity contribution in [3.8, 4) is 0 Å². The molecule has 0 aromatic carbocycles. The molecule has 0 radical (unpaired) electrons. The molecule has 0 amide bonds. The minimum Gasteiger partial charge on any atom is -0.744 e. The van der Waals surface area contributed by atoms with Crippen molar-refractivity contribution in [1.29, 1.82) is 0 Å². The summed E-state index contributed by atoms with van der Waals surface area (Å²) in [6, 6.07) is 0. The van der Waals surface area contributed by atoms with Crippen molar-refractivity contribution in [2.75, 3.05) is 0 Å². The van der Waals surface area contributed by atoms with Crippen LogP contribution in [0.1, 0.15) is 12.8 Å². The van der Waals surface area contributed by atoms with Gasteiger partial charge in [-0.1, -0.05) is 12.2 Å². The van der Waals surface area contributed by atoms with Crippen LogP contribution in [0.4, 0.5) is 0 Å². The van der Waals surface area contributed by atoms with Gasteiger partial charge >= 0.3 is 29.6 Å². The van der Waals surface area contributed by atoms with Gasteiger partial charge in [0, 0.05) is 0 Å². The number of hydrogen-bond acceptors (Lipinski definition) is 3. The van der Waals surface area contributed by atoms with Gasteiger partial charge in [-0.05, 0) is 18.9 Å². The largest absolute Gasteiger partial charge is 1.00 e. The first-order valence-corrected chi connectivity index (χ1v) is 4.34. The van der Waals surface area contributed by atoms with Crippen molar-refractivity contribution < 1.29 is 42.5 Å². The molecule has 1 aliphatic carbocycles. The zero-order valence-corrected chi connectivity index (χ0v) is 9.10. The van der Waals surface area contributed by atoms with Gasteiger partial charge in [-0.15, -0.1) is 0 Å². The zero-order valence-electron chi connectivity index (χ0n) is 6.28. The van der Waals surface area contributed by atoms with Crippen LogP contribution in [0.15, 0.2) is 23.1 Å². The van der Waals surface area contributed by atoms with Gasteiger partial charge in [0.1, 0.15) is 10.1 Å². The van der Waals surface area contributed by atoms with E-state index >= 15 is 0 Å². The van der Waals surface area contributed by atoms with Gasteiger partial charge in [0.05, 0.1) is 4.91 Å². The maximum Gasteiger partial charge on any atom is 1.00 e. The van der Waals surface area contributed by atoms with E-state index in [1.165, 1.54) is 12.2 Å². The van der Waals surface area contributed by atoms with Gasteiger partial charge in [0.2, 0.25) is 0 Å². The van der Waals surface area contributed by atoms with Gasteiger partial charge in [-0.3, -0.25) is 0 Å². The van der Waals surface area contributed by atoms with Crippen molar-refractivity contribution in [1.82, 2.24) is 0 Å². The molecule has 0 atom stereocenters. The molecule has 0 N–H and O–H groups in total. The predicted molar refractivity (Wildman–Crippen MR) is 36.2 cm³/mol. The van der Waals surface area contributed by atoms with Crippen molar-refractivity contribution in [3.63, 3.8) is 0 Å². The van der Waals surface area contributed by atoms with Crippen LogP contribution in [0.3, 0.4) is 0 Å². The van der Waals surface area contributed by atoms with Crippen LogP contribution in [0.5, 0.6) is 0 Å². The molecule has 1 aliphatic rings. The first-order valence-electron chi connectivity index (χ1n) is 2.93. The quantitative estimate of drug-likeness (QED) is 0.340. The third-order valence-electron chi connectivity index (χ3n) is 1.25. The van der Waals surface area contributed by atoms with Crippen LogP contribution < -0.4 is 29.6 Å². The molecular weight excluding hydrogens is 175 g/mol. The molecule has 0 fully saturated rings. The van der Waals surface area contributed by atoms with E-state index in [-0.39, 0.29) is 34.5 Å². The van der Waals surface area contributed by atoms with E-state index in [1.807, 2.05) is 0 Å². The minimum absolute atomic E-state index is 0. The maximum absolute atomic E-state index is 10.3. The first kappa shape index (κ1) is 11.4. The van der Waals surface area contributed by atoms with Crippen molar-refractivity contribution in [2.45, 2.75) is 12.8 Å². The Kier molecular flexibility index (Phi) is 4.58. The molecule has 0 spiro atoms. The van der Waals surface area contributed by atoms with E-state index in [1.54, 1.807) is 6.08 Å². The topological polar surface area (TPSA) is 57.2 Å². The number of hydrogen-bond donors (Lipinski definition) is 0. The Morgan fingerprint density at radius 1 is 1.36 bits per heavy atom. The molecular formula is C6H7NaO3S. The average molecular weight is 182 g/mol. The summed E-state index contributed by atoms with van der Waals surface area (Å²) in [5, 5.41) is 0. The molecule has 0 aromatic rings. The standard InChI is InChI=1S/C6H8O3S.Na/c7-10(8,9)6-4-2-1-3-5-6;/h2,4-5H,1,3H2,(H,7,8,9);/q;+1/p-1. The summed E-state index contributed by atoms with van der Waals surface area (Å²) in [7, 11) is -4.20. The first-order chi connectivity index (χ1) is 4.61. The Morgan fingerprint density at radius 3 is 2.27 bits per heavy atom. The van der Waals surface area contributed by atoms with Gasteiger partial charge < -0.3 is 4.55 Å². The van der Waals surface area contributed by atoms with Crippen molar-refractivity contribution >= 4 is 10.1 Å². The molecule has 0 aliphatic heterocycles. The summed E-state index contributed by atoms with van der Waals surface area (Å²) in [5.74, 6) is 0. The van der Waals surface area contributed by atoms with Crippen LogP contribution in [0.2, 0.25) is 0 Å². The normalized spacial score (nSPS) is 17.0. The monoisotopic (exact) mass is 182 g/mol. The summed E-state index contributed by atoms with van der Waals surface area (Å²) < 4.78 is 30.9. The van der Waals surface area contributed by atoms with Gasteiger partial charge in [-0.25, -0.2) is 8.42 Å². The molecule has 0 saturated heterocycles. The molecule has 0 unspecified atom stereocenters. The van der Waals surface area contributed by atoms with Crippen LogP contribution in [0.25, 0.3) is 0 Å². The summed E-state index contributed by atoms with van der Waals surface area (Å²) in [5.41, 5.74) is 0. The van der Waals surface area contributed by atoms with Crippen LogP contribution in [-0.4, -0.2) is 13.0 Å². The van der Waals surface area contributed by atoms with Crippen molar-refractivity contribution in [3.05, 3.63) is 23.1 Å². The molecule has 56 valence electrons. The molecule has 1 rings (SSSR count). The second-order valence-corrected chi connectivity index (χ2v) is 3.42. The fraction of sp³-hybridized carbons (Fsp3) is 0.333. The summed E-state index contributed by atoms with van der Waals surface area (Å²) >= 11 is 0. The van der Waals surface area contributed by atoms with Crippen LogP contribution >= 0.6 is 0 Å². The van der Waals surface area contributed by atoms with E-state index in [0.717, 1.165) is 6.42 Å². The second kappa shape index (κ2) is 4.42. The minimum atomic E-state index is -4.20. The molecule has 5 heteroatoms. The fourth-order valence-corrected chi connectivity index (χ4v) is 1.36. The third-order valence-corrected chi connectivity index (χ3v) is 2.13. The van der Waals surface area contributed by atoms with E-state index in [4.69, 9.17) is 0 Å². The number of rotatable bonds is 1. The molecule has 3 nitrogen and oxygen atoms in total. The van der Waals surface area contributed by atoms with Crippen LogP contribution in [0, 0.1) is 0 Å². The zero-order chi connectivity index (χ0) is 7.61. The molecule has 0 aromatic heterocycles. The Bertz CT molecular complexity index is 276. The van der Waals surface area contributed by atoms with Gasteiger partial charge in [0.15, 0.2) is 0 Å². The Balaban J connectivity index is 0.000001000.